The highest BCUT2D eigenvalue weighted by Gasteiger charge is 2.05. The van der Waals surface area contributed by atoms with E-state index in [4.69, 9.17) is 0 Å². The van der Waals surface area contributed by atoms with Gasteiger partial charge >= 0.3 is 0 Å². The summed E-state index contributed by atoms with van der Waals surface area (Å²) in [7, 11) is 0. The summed E-state index contributed by atoms with van der Waals surface area (Å²) in [6, 6.07) is 15.0. The summed E-state index contributed by atoms with van der Waals surface area (Å²) < 4.78 is 0. The van der Waals surface area contributed by atoms with Gasteiger partial charge in [0.25, 0.3) is 0 Å². The number of hydrogen-bond acceptors (Lipinski definition) is 3. The van der Waals surface area contributed by atoms with Crippen LogP contribution in [0.15, 0.2) is 53.4 Å². The summed E-state index contributed by atoms with van der Waals surface area (Å²) in [5.74, 6) is 0.827. The van der Waals surface area contributed by atoms with Gasteiger partial charge in [0.1, 0.15) is 11.5 Å². The maximum absolute atomic E-state index is 11.9. The average molecular weight is 272 g/mol. The van der Waals surface area contributed by atoms with Crippen molar-refractivity contribution in [3.63, 3.8) is 0 Å². The molecule has 2 rings (SSSR count). The first-order valence-corrected chi connectivity index (χ1v) is 7.11. The maximum Gasteiger partial charge on any atom is 0.147 e. The highest BCUT2D eigenvalue weighted by Crippen LogP contribution is 2.20. The average Bonchev–Trinajstić information content (AvgIpc) is 2.36. The van der Waals surface area contributed by atoms with Gasteiger partial charge in [-0.25, -0.2) is 0 Å². The van der Waals surface area contributed by atoms with Crippen molar-refractivity contribution in [3.05, 3.63) is 59.7 Å². The summed E-state index contributed by atoms with van der Waals surface area (Å²) in [5.41, 5.74) is 2.06. The first-order chi connectivity index (χ1) is 9.13. The van der Waals surface area contributed by atoms with Crippen molar-refractivity contribution >= 4 is 17.5 Å². The first kappa shape index (κ1) is 13.7. The monoisotopic (exact) mass is 272 g/mol. The molecule has 2 aromatic carbocycles. The van der Waals surface area contributed by atoms with Crippen LogP contribution in [-0.4, -0.2) is 16.6 Å². The number of Topliss-reactive ketones (excluding diaryl/α,β-unsaturated/α-hetero) is 1. The Bertz CT molecular complexity index is 578. The van der Waals surface area contributed by atoms with E-state index in [1.54, 1.807) is 30.0 Å². The Labute approximate surface area is 117 Å². The molecule has 0 heterocycles. The smallest absolute Gasteiger partial charge is 0.147 e. The summed E-state index contributed by atoms with van der Waals surface area (Å²) in [6.45, 7) is 2.04. The summed E-state index contributed by atoms with van der Waals surface area (Å²) >= 11 is 1.55. The molecule has 2 aromatic rings. The number of phenols is 1. The molecule has 0 aromatic heterocycles. The molecule has 0 fully saturated rings. The number of carbonyl (C=O) groups is 1. The molecule has 0 aliphatic rings. The Hall–Kier alpha value is -1.74. The van der Waals surface area contributed by atoms with Crippen molar-refractivity contribution in [3.8, 4) is 5.75 Å². The third kappa shape index (κ3) is 4.45. The van der Waals surface area contributed by atoms with Gasteiger partial charge in [-0.05, 0) is 36.8 Å². The van der Waals surface area contributed by atoms with E-state index in [9.17, 15) is 9.90 Å². The fourth-order valence-electron chi connectivity index (χ4n) is 1.81. The molecule has 1 N–H and O–H groups in total. The van der Waals surface area contributed by atoms with E-state index in [1.807, 2.05) is 31.2 Å². The van der Waals surface area contributed by atoms with Gasteiger partial charge < -0.3 is 5.11 Å². The number of aryl methyl sites for hydroxylation is 1. The summed E-state index contributed by atoms with van der Waals surface area (Å²) in [6.07, 6.45) is 0.368. The Kier molecular flexibility index (Phi) is 4.63. The number of thioether (sulfide) groups is 1. The highest BCUT2D eigenvalue weighted by atomic mass is 32.2. The number of phenolic OH excluding ortho intramolecular Hbond substituents is 1. The fraction of sp³-hybridized carbons (Fsp3) is 0.188. The second-order valence-electron chi connectivity index (χ2n) is 4.49. The minimum Gasteiger partial charge on any atom is -0.508 e. The zero-order valence-electron chi connectivity index (χ0n) is 10.8. The standard InChI is InChI=1S/C16H16O2S/c1-12-4-2-7-16(8-12)19-11-15(18)10-13-5-3-6-14(17)9-13/h2-9,17H,10-11H2,1H3. The molecule has 0 aliphatic heterocycles. The normalized spacial score (nSPS) is 10.4. The van der Waals surface area contributed by atoms with Crippen LogP contribution >= 0.6 is 11.8 Å². The Morgan fingerprint density at radius 3 is 2.68 bits per heavy atom. The van der Waals surface area contributed by atoms with Crippen LogP contribution in [0.1, 0.15) is 11.1 Å². The first-order valence-electron chi connectivity index (χ1n) is 6.12. The Morgan fingerprint density at radius 1 is 1.16 bits per heavy atom. The van der Waals surface area contributed by atoms with E-state index in [2.05, 4.69) is 6.07 Å². The van der Waals surface area contributed by atoms with Gasteiger partial charge in [0.05, 0.1) is 5.75 Å². The second kappa shape index (κ2) is 6.43. The molecule has 0 amide bonds. The van der Waals surface area contributed by atoms with Crippen molar-refractivity contribution in [2.24, 2.45) is 0 Å². The van der Waals surface area contributed by atoms with Crippen molar-refractivity contribution in [2.75, 3.05) is 5.75 Å². The zero-order valence-corrected chi connectivity index (χ0v) is 11.6. The van der Waals surface area contributed by atoms with Crippen LogP contribution < -0.4 is 0 Å². The number of hydrogen-bond donors (Lipinski definition) is 1. The van der Waals surface area contributed by atoms with E-state index in [0.717, 1.165) is 10.5 Å². The number of aromatic hydroxyl groups is 1. The van der Waals surface area contributed by atoms with Crippen molar-refractivity contribution < 1.29 is 9.90 Å². The Balaban J connectivity index is 1.88. The Morgan fingerprint density at radius 2 is 1.95 bits per heavy atom. The van der Waals surface area contributed by atoms with Gasteiger partial charge in [0, 0.05) is 11.3 Å². The van der Waals surface area contributed by atoms with E-state index >= 15 is 0 Å². The molecule has 0 saturated heterocycles. The molecule has 0 spiro atoms. The third-order valence-corrected chi connectivity index (χ3v) is 3.75. The van der Waals surface area contributed by atoms with Crippen molar-refractivity contribution in [1.29, 1.82) is 0 Å². The number of benzene rings is 2. The minimum absolute atomic E-state index is 0.164. The van der Waals surface area contributed by atoms with Crippen LogP contribution in [-0.2, 0) is 11.2 Å². The predicted octanol–water partition coefficient (Wildman–Crippen LogP) is 3.60. The third-order valence-electron chi connectivity index (χ3n) is 2.70. The lowest BCUT2D eigenvalue weighted by atomic mass is 10.1. The molecule has 19 heavy (non-hydrogen) atoms. The molecule has 0 atom stereocenters. The van der Waals surface area contributed by atoms with Crippen LogP contribution in [0.4, 0.5) is 0 Å². The van der Waals surface area contributed by atoms with Crippen molar-refractivity contribution in [2.45, 2.75) is 18.2 Å². The number of rotatable bonds is 5. The maximum atomic E-state index is 11.9. The molecule has 0 aliphatic carbocycles. The molecule has 98 valence electrons. The van der Waals surface area contributed by atoms with Crippen LogP contribution in [0.2, 0.25) is 0 Å². The largest absolute Gasteiger partial charge is 0.508 e. The predicted molar refractivity (Wildman–Crippen MR) is 78.7 cm³/mol. The lowest BCUT2D eigenvalue weighted by Crippen LogP contribution is -2.05. The van der Waals surface area contributed by atoms with E-state index < -0.39 is 0 Å². The van der Waals surface area contributed by atoms with E-state index in [0.29, 0.717) is 12.2 Å². The zero-order chi connectivity index (χ0) is 13.7. The lowest BCUT2D eigenvalue weighted by Gasteiger charge is -2.03. The molecular weight excluding hydrogens is 256 g/mol. The summed E-state index contributed by atoms with van der Waals surface area (Å²) in [5, 5.41) is 9.35. The molecule has 0 saturated carbocycles. The van der Waals surface area contributed by atoms with Gasteiger partial charge in [-0.2, -0.15) is 0 Å². The fourth-order valence-corrected chi connectivity index (χ4v) is 2.69. The minimum atomic E-state index is 0.164. The number of ketones is 1. The van der Waals surface area contributed by atoms with E-state index in [1.165, 1.54) is 5.56 Å². The van der Waals surface area contributed by atoms with Gasteiger partial charge in [-0.15, -0.1) is 11.8 Å². The SMILES string of the molecule is Cc1cccc(SCC(=O)Cc2cccc(O)c2)c1. The quantitative estimate of drug-likeness (QED) is 0.845. The van der Waals surface area contributed by atoms with Crippen LogP contribution in [0.5, 0.6) is 5.75 Å². The molecular formula is C16H16O2S. The lowest BCUT2D eigenvalue weighted by molar-refractivity contribution is -0.116. The highest BCUT2D eigenvalue weighted by molar-refractivity contribution is 8.00. The summed E-state index contributed by atoms with van der Waals surface area (Å²) in [4.78, 5) is 13.0. The van der Waals surface area contributed by atoms with Crippen LogP contribution in [0.3, 0.4) is 0 Å². The van der Waals surface area contributed by atoms with Gasteiger partial charge in [0.15, 0.2) is 0 Å². The van der Waals surface area contributed by atoms with E-state index in [-0.39, 0.29) is 11.5 Å². The van der Waals surface area contributed by atoms with Gasteiger partial charge in [-0.1, -0.05) is 29.8 Å². The molecule has 0 bridgehead atoms. The molecule has 3 heteroatoms. The molecule has 0 unspecified atom stereocenters. The van der Waals surface area contributed by atoms with Crippen LogP contribution in [0.25, 0.3) is 0 Å². The van der Waals surface area contributed by atoms with Crippen molar-refractivity contribution in [1.82, 2.24) is 0 Å². The molecule has 0 radical (unpaired) electrons. The second-order valence-corrected chi connectivity index (χ2v) is 5.54. The van der Waals surface area contributed by atoms with Gasteiger partial charge in [0.2, 0.25) is 0 Å². The molecule has 2 nitrogen and oxygen atoms in total. The van der Waals surface area contributed by atoms with Crippen LogP contribution in [0, 0.1) is 6.92 Å². The van der Waals surface area contributed by atoms with Gasteiger partial charge in [-0.3, -0.25) is 4.79 Å². The topological polar surface area (TPSA) is 37.3 Å². The number of carbonyl (C=O) groups excluding carboxylic acids is 1.